The Bertz CT molecular complexity index is 655. The Morgan fingerprint density at radius 2 is 1.62 bits per heavy atom. The molecule has 0 bridgehead atoms. The molecule has 1 heterocycles. The Hall–Kier alpha value is -1.58. The molecule has 3 rings (SSSR count). The first-order valence-corrected chi connectivity index (χ1v) is 7.87. The average molecular weight is 362 g/mol. The van der Waals surface area contributed by atoms with Crippen LogP contribution in [-0.4, -0.2) is 9.55 Å². The number of benzene rings is 2. The molecule has 0 fully saturated rings. The fraction of sp³-hybridized carbons (Fsp3) is 0.118. The predicted octanol–water partition coefficient (Wildman–Crippen LogP) is 4.94. The summed E-state index contributed by atoms with van der Waals surface area (Å²) in [6.07, 6.45) is 4.68. The molecule has 0 N–H and O–H groups in total. The Morgan fingerprint density at radius 3 is 2.33 bits per heavy atom. The maximum Gasteiger partial charge on any atom is 0.113 e. The molecule has 0 atom stereocenters. The molecule has 2 nitrogen and oxygen atoms in total. The summed E-state index contributed by atoms with van der Waals surface area (Å²) in [7, 11) is 0. The van der Waals surface area contributed by atoms with Crippen LogP contribution in [0.15, 0.2) is 65.4 Å². The molecule has 2 aromatic carbocycles. The van der Waals surface area contributed by atoms with Crippen molar-refractivity contribution >= 4 is 27.5 Å². The van der Waals surface area contributed by atoms with Crippen molar-refractivity contribution in [1.29, 1.82) is 0 Å². The van der Waals surface area contributed by atoms with E-state index in [-0.39, 0.29) is 0 Å². The topological polar surface area (TPSA) is 17.8 Å². The second-order valence-corrected chi connectivity index (χ2v) is 6.25. The number of nitrogens with zero attached hydrogens (tertiary/aromatic N) is 2. The quantitative estimate of drug-likeness (QED) is 0.643. The van der Waals surface area contributed by atoms with Crippen molar-refractivity contribution in [1.82, 2.24) is 9.55 Å². The van der Waals surface area contributed by atoms with Gasteiger partial charge in [-0.1, -0.05) is 51.8 Å². The molecule has 21 heavy (non-hydrogen) atoms. The first kappa shape index (κ1) is 14.4. The van der Waals surface area contributed by atoms with Crippen LogP contribution in [0.25, 0.3) is 0 Å². The lowest BCUT2D eigenvalue weighted by molar-refractivity contribution is 0.740. The molecule has 0 spiro atoms. The minimum absolute atomic E-state index is 0.761. The summed E-state index contributed by atoms with van der Waals surface area (Å²) in [5.41, 5.74) is 2.47. The molecule has 0 saturated carbocycles. The molecule has 4 heteroatoms. The van der Waals surface area contributed by atoms with E-state index in [0.29, 0.717) is 0 Å². The van der Waals surface area contributed by atoms with E-state index in [2.05, 4.69) is 49.7 Å². The van der Waals surface area contributed by atoms with E-state index in [4.69, 9.17) is 11.6 Å². The van der Waals surface area contributed by atoms with Gasteiger partial charge in [-0.3, -0.25) is 0 Å². The number of halogens is 2. The van der Waals surface area contributed by atoms with Gasteiger partial charge >= 0.3 is 0 Å². The van der Waals surface area contributed by atoms with Crippen molar-refractivity contribution in [2.75, 3.05) is 0 Å². The summed E-state index contributed by atoms with van der Waals surface area (Å²) in [5, 5.41) is 0.761. The van der Waals surface area contributed by atoms with E-state index < -0.39 is 0 Å². The van der Waals surface area contributed by atoms with Crippen LogP contribution in [-0.2, 0) is 13.0 Å². The van der Waals surface area contributed by atoms with Crippen LogP contribution in [0.5, 0.6) is 0 Å². The molecule has 0 aliphatic rings. The Morgan fingerprint density at radius 1 is 0.952 bits per heavy atom. The molecule has 1 aromatic heterocycles. The summed E-state index contributed by atoms with van der Waals surface area (Å²) in [6, 6.07) is 16.3. The monoisotopic (exact) mass is 360 g/mol. The van der Waals surface area contributed by atoms with Crippen LogP contribution in [0.2, 0.25) is 5.02 Å². The lowest BCUT2D eigenvalue weighted by atomic mass is 10.1. The maximum atomic E-state index is 5.92. The second kappa shape index (κ2) is 6.46. The zero-order valence-electron chi connectivity index (χ0n) is 11.3. The zero-order valence-corrected chi connectivity index (χ0v) is 13.7. The van der Waals surface area contributed by atoms with Crippen LogP contribution in [0, 0.1) is 0 Å². The van der Waals surface area contributed by atoms with Gasteiger partial charge in [0.1, 0.15) is 5.82 Å². The summed E-state index contributed by atoms with van der Waals surface area (Å²) in [5.74, 6) is 1.06. The Kier molecular flexibility index (Phi) is 4.42. The van der Waals surface area contributed by atoms with E-state index in [9.17, 15) is 0 Å². The van der Waals surface area contributed by atoms with Gasteiger partial charge in [-0.15, -0.1) is 0 Å². The molecule has 0 aliphatic carbocycles. The lowest BCUT2D eigenvalue weighted by Gasteiger charge is -2.08. The van der Waals surface area contributed by atoms with Gasteiger partial charge in [0, 0.05) is 34.9 Å². The predicted molar refractivity (Wildman–Crippen MR) is 89.7 cm³/mol. The Balaban J connectivity index is 1.77. The first-order chi connectivity index (χ1) is 10.2. The van der Waals surface area contributed by atoms with Gasteiger partial charge < -0.3 is 4.57 Å². The van der Waals surface area contributed by atoms with E-state index in [1.165, 1.54) is 11.1 Å². The number of hydrogen-bond acceptors (Lipinski definition) is 1. The largest absolute Gasteiger partial charge is 0.330 e. The highest BCUT2D eigenvalue weighted by Crippen LogP contribution is 2.15. The number of hydrogen-bond donors (Lipinski definition) is 0. The lowest BCUT2D eigenvalue weighted by Crippen LogP contribution is -2.05. The highest BCUT2D eigenvalue weighted by atomic mass is 79.9. The number of rotatable bonds is 4. The smallest absolute Gasteiger partial charge is 0.113 e. The van der Waals surface area contributed by atoms with Crippen molar-refractivity contribution in [3.8, 4) is 0 Å². The summed E-state index contributed by atoms with van der Waals surface area (Å²) < 4.78 is 3.27. The van der Waals surface area contributed by atoms with Crippen molar-refractivity contribution < 1.29 is 0 Å². The fourth-order valence-electron chi connectivity index (χ4n) is 2.22. The normalized spacial score (nSPS) is 10.8. The molecule has 0 aliphatic heterocycles. The molecule has 106 valence electrons. The number of aromatic nitrogens is 2. The molecular formula is C17H14BrClN2. The third kappa shape index (κ3) is 3.74. The van der Waals surface area contributed by atoms with E-state index in [1.807, 2.05) is 36.7 Å². The van der Waals surface area contributed by atoms with Gasteiger partial charge in [0.25, 0.3) is 0 Å². The molecule has 3 aromatic rings. The van der Waals surface area contributed by atoms with Crippen molar-refractivity contribution in [2.24, 2.45) is 0 Å². The highest BCUT2D eigenvalue weighted by Gasteiger charge is 2.05. The van der Waals surface area contributed by atoms with E-state index in [1.54, 1.807) is 0 Å². The van der Waals surface area contributed by atoms with Crippen LogP contribution in [0.4, 0.5) is 0 Å². The van der Waals surface area contributed by atoms with Crippen molar-refractivity contribution in [3.63, 3.8) is 0 Å². The van der Waals surface area contributed by atoms with Gasteiger partial charge in [0.15, 0.2) is 0 Å². The van der Waals surface area contributed by atoms with Gasteiger partial charge in [-0.05, 0) is 35.4 Å². The van der Waals surface area contributed by atoms with E-state index in [0.717, 1.165) is 28.3 Å². The standard InChI is InChI=1S/C17H14BrClN2/c18-15-5-1-14(2-6-15)12-21-10-9-20-17(21)11-13-3-7-16(19)8-4-13/h1-10H,11-12H2. The van der Waals surface area contributed by atoms with Gasteiger partial charge in [0.2, 0.25) is 0 Å². The van der Waals surface area contributed by atoms with Crippen LogP contribution >= 0.6 is 27.5 Å². The SMILES string of the molecule is Clc1ccc(Cc2nccn2Cc2ccc(Br)cc2)cc1. The highest BCUT2D eigenvalue weighted by molar-refractivity contribution is 9.10. The number of imidazole rings is 1. The maximum absolute atomic E-state index is 5.92. The zero-order chi connectivity index (χ0) is 14.7. The molecule has 0 unspecified atom stereocenters. The first-order valence-electron chi connectivity index (χ1n) is 6.69. The summed E-state index contributed by atoms with van der Waals surface area (Å²) >= 11 is 9.38. The minimum Gasteiger partial charge on any atom is -0.330 e. The van der Waals surface area contributed by atoms with Crippen molar-refractivity contribution in [3.05, 3.63) is 87.4 Å². The molecule has 0 saturated heterocycles. The second-order valence-electron chi connectivity index (χ2n) is 4.90. The molecule has 0 amide bonds. The van der Waals surface area contributed by atoms with Crippen LogP contribution < -0.4 is 0 Å². The van der Waals surface area contributed by atoms with Crippen LogP contribution in [0.1, 0.15) is 17.0 Å². The summed E-state index contributed by atoms with van der Waals surface area (Å²) in [6.45, 7) is 0.830. The summed E-state index contributed by atoms with van der Waals surface area (Å²) in [4.78, 5) is 4.47. The average Bonchev–Trinajstić information content (AvgIpc) is 2.91. The van der Waals surface area contributed by atoms with Gasteiger partial charge in [-0.25, -0.2) is 4.98 Å². The van der Waals surface area contributed by atoms with Crippen molar-refractivity contribution in [2.45, 2.75) is 13.0 Å². The van der Waals surface area contributed by atoms with E-state index >= 15 is 0 Å². The minimum atomic E-state index is 0.761. The van der Waals surface area contributed by atoms with Gasteiger partial charge in [0.05, 0.1) is 0 Å². The third-order valence-corrected chi connectivity index (χ3v) is 4.12. The third-order valence-electron chi connectivity index (χ3n) is 3.34. The molecule has 0 radical (unpaired) electrons. The molecular weight excluding hydrogens is 348 g/mol. The van der Waals surface area contributed by atoms with Crippen LogP contribution in [0.3, 0.4) is 0 Å². The Labute approximate surface area is 137 Å². The van der Waals surface area contributed by atoms with Gasteiger partial charge in [-0.2, -0.15) is 0 Å². The fourth-order valence-corrected chi connectivity index (χ4v) is 2.61.